The zero-order chi connectivity index (χ0) is 13.8. The van der Waals surface area contributed by atoms with Gasteiger partial charge in [0.15, 0.2) is 0 Å². The summed E-state index contributed by atoms with van der Waals surface area (Å²) in [5.74, 6) is 0.925. The van der Waals surface area contributed by atoms with Gasteiger partial charge in [0.05, 0.1) is 12.5 Å². The van der Waals surface area contributed by atoms with Crippen molar-refractivity contribution in [1.82, 2.24) is 4.90 Å². The Labute approximate surface area is 129 Å². The lowest BCUT2D eigenvalue weighted by molar-refractivity contribution is 0.422. The Morgan fingerprint density at radius 1 is 0.950 bits per heavy atom. The van der Waals surface area contributed by atoms with Gasteiger partial charge in [0.1, 0.15) is 4.32 Å². The van der Waals surface area contributed by atoms with Gasteiger partial charge in [-0.05, 0) is 17.7 Å². The standard InChI is InChI=1S/C16H16N2S2/c19-16-17(11-14-7-3-1-4-8-14)12-18(13-20-16)15-9-5-2-6-10-15/h1-10H,11-13H2. The molecule has 0 aliphatic carbocycles. The maximum atomic E-state index is 5.49. The lowest BCUT2D eigenvalue weighted by atomic mass is 10.2. The number of rotatable bonds is 3. The van der Waals surface area contributed by atoms with Crippen molar-refractivity contribution in [1.29, 1.82) is 0 Å². The number of thioether (sulfide) groups is 1. The Kier molecular flexibility index (Phi) is 4.23. The van der Waals surface area contributed by atoms with Crippen molar-refractivity contribution in [2.75, 3.05) is 17.4 Å². The molecule has 0 spiro atoms. The van der Waals surface area contributed by atoms with E-state index < -0.39 is 0 Å². The normalized spacial score (nSPS) is 15.5. The first-order chi connectivity index (χ1) is 9.83. The molecule has 102 valence electrons. The molecule has 0 N–H and O–H groups in total. The van der Waals surface area contributed by atoms with Gasteiger partial charge in [0, 0.05) is 12.2 Å². The van der Waals surface area contributed by atoms with Gasteiger partial charge >= 0.3 is 0 Å². The lowest BCUT2D eigenvalue weighted by Crippen LogP contribution is -2.44. The molecule has 0 amide bonds. The van der Waals surface area contributed by atoms with Crippen molar-refractivity contribution in [3.8, 4) is 0 Å². The van der Waals surface area contributed by atoms with Crippen LogP contribution in [0.3, 0.4) is 0 Å². The zero-order valence-corrected chi connectivity index (χ0v) is 12.7. The van der Waals surface area contributed by atoms with Gasteiger partial charge in [-0.3, -0.25) is 0 Å². The van der Waals surface area contributed by atoms with Crippen molar-refractivity contribution in [3.63, 3.8) is 0 Å². The fourth-order valence-electron chi connectivity index (χ4n) is 2.24. The van der Waals surface area contributed by atoms with E-state index in [9.17, 15) is 0 Å². The van der Waals surface area contributed by atoms with Crippen LogP contribution in [0.1, 0.15) is 5.56 Å². The molecule has 3 rings (SSSR count). The molecule has 1 aliphatic heterocycles. The smallest absolute Gasteiger partial charge is 0.139 e. The lowest BCUT2D eigenvalue weighted by Gasteiger charge is -2.38. The summed E-state index contributed by atoms with van der Waals surface area (Å²) >= 11 is 7.22. The van der Waals surface area contributed by atoms with Gasteiger partial charge in [-0.1, -0.05) is 72.5 Å². The predicted molar refractivity (Wildman–Crippen MR) is 90.8 cm³/mol. The third-order valence-corrected chi connectivity index (χ3v) is 4.84. The number of nitrogens with zero attached hydrogens (tertiary/aromatic N) is 2. The Morgan fingerprint density at radius 2 is 1.60 bits per heavy atom. The van der Waals surface area contributed by atoms with Gasteiger partial charge in [-0.25, -0.2) is 0 Å². The molecule has 2 nitrogen and oxygen atoms in total. The van der Waals surface area contributed by atoms with Crippen LogP contribution in [-0.4, -0.2) is 21.8 Å². The third-order valence-electron chi connectivity index (χ3n) is 3.28. The molecule has 0 bridgehead atoms. The SMILES string of the molecule is S=C1SCN(c2ccccc2)CN1Cc1ccccc1. The largest absolute Gasteiger partial charge is 0.344 e. The number of benzene rings is 2. The van der Waals surface area contributed by atoms with Crippen LogP contribution < -0.4 is 4.90 Å². The minimum absolute atomic E-state index is 0.852. The number of para-hydroxylation sites is 1. The quantitative estimate of drug-likeness (QED) is 0.792. The van der Waals surface area contributed by atoms with Crippen LogP contribution in [0, 0.1) is 0 Å². The highest BCUT2D eigenvalue weighted by molar-refractivity contribution is 8.23. The van der Waals surface area contributed by atoms with Crippen LogP contribution in [0.4, 0.5) is 5.69 Å². The van der Waals surface area contributed by atoms with Gasteiger partial charge in [0.2, 0.25) is 0 Å². The molecule has 20 heavy (non-hydrogen) atoms. The zero-order valence-electron chi connectivity index (χ0n) is 11.1. The summed E-state index contributed by atoms with van der Waals surface area (Å²) in [4.78, 5) is 4.61. The highest BCUT2D eigenvalue weighted by Gasteiger charge is 2.21. The summed E-state index contributed by atoms with van der Waals surface area (Å²) in [6.07, 6.45) is 0. The minimum atomic E-state index is 0.852. The molecule has 4 heteroatoms. The molecule has 1 heterocycles. The van der Waals surface area contributed by atoms with E-state index in [1.807, 2.05) is 12.1 Å². The van der Waals surface area contributed by atoms with E-state index in [4.69, 9.17) is 12.2 Å². The summed E-state index contributed by atoms with van der Waals surface area (Å²) in [7, 11) is 0. The van der Waals surface area contributed by atoms with Gasteiger partial charge in [-0.2, -0.15) is 0 Å². The summed E-state index contributed by atoms with van der Waals surface area (Å²) in [5.41, 5.74) is 2.55. The molecule has 0 atom stereocenters. The molecular formula is C16H16N2S2. The molecule has 2 aromatic carbocycles. The maximum absolute atomic E-state index is 5.49. The van der Waals surface area contributed by atoms with E-state index in [-0.39, 0.29) is 0 Å². The average Bonchev–Trinajstić information content (AvgIpc) is 2.51. The maximum Gasteiger partial charge on any atom is 0.139 e. The van der Waals surface area contributed by atoms with E-state index in [1.54, 1.807) is 11.8 Å². The van der Waals surface area contributed by atoms with Crippen LogP contribution in [-0.2, 0) is 6.54 Å². The van der Waals surface area contributed by atoms with E-state index >= 15 is 0 Å². The van der Waals surface area contributed by atoms with Crippen LogP contribution in [0.15, 0.2) is 60.7 Å². The number of hydrogen-bond acceptors (Lipinski definition) is 3. The summed E-state index contributed by atoms with van der Waals surface area (Å²) in [6.45, 7) is 1.72. The molecule has 1 fully saturated rings. The monoisotopic (exact) mass is 300 g/mol. The van der Waals surface area contributed by atoms with Crippen LogP contribution in [0.2, 0.25) is 0 Å². The Balaban J connectivity index is 1.72. The molecule has 0 saturated carbocycles. The van der Waals surface area contributed by atoms with E-state index in [2.05, 4.69) is 58.3 Å². The van der Waals surface area contributed by atoms with E-state index in [0.29, 0.717) is 0 Å². The van der Waals surface area contributed by atoms with Gasteiger partial charge < -0.3 is 9.80 Å². The Morgan fingerprint density at radius 3 is 2.30 bits per heavy atom. The molecule has 0 radical (unpaired) electrons. The summed E-state index contributed by atoms with van der Waals surface area (Å²) in [5, 5.41) is 0. The second-order valence-corrected chi connectivity index (χ2v) is 6.32. The first-order valence-corrected chi connectivity index (χ1v) is 7.98. The number of thiocarbonyl (C=S) groups is 1. The highest BCUT2D eigenvalue weighted by Crippen LogP contribution is 2.25. The second kappa shape index (κ2) is 6.29. The summed E-state index contributed by atoms with van der Waals surface area (Å²) in [6, 6.07) is 21.0. The van der Waals surface area contributed by atoms with E-state index in [0.717, 1.165) is 23.4 Å². The van der Waals surface area contributed by atoms with Crippen LogP contribution in [0.25, 0.3) is 0 Å². The average molecular weight is 300 g/mol. The van der Waals surface area contributed by atoms with Gasteiger partial charge in [-0.15, -0.1) is 0 Å². The number of anilines is 1. The first-order valence-electron chi connectivity index (χ1n) is 6.58. The fourth-order valence-corrected chi connectivity index (χ4v) is 3.32. The predicted octanol–water partition coefficient (Wildman–Crippen LogP) is 3.94. The molecule has 0 aromatic heterocycles. The number of hydrogen-bond donors (Lipinski definition) is 0. The van der Waals surface area contributed by atoms with Gasteiger partial charge in [0.25, 0.3) is 0 Å². The van der Waals surface area contributed by atoms with Crippen molar-refractivity contribution >= 4 is 34.0 Å². The fraction of sp³-hybridized carbons (Fsp3) is 0.188. The minimum Gasteiger partial charge on any atom is -0.344 e. The second-order valence-electron chi connectivity index (χ2n) is 4.74. The van der Waals surface area contributed by atoms with Crippen LogP contribution in [0.5, 0.6) is 0 Å². The van der Waals surface area contributed by atoms with Crippen molar-refractivity contribution in [2.45, 2.75) is 6.54 Å². The van der Waals surface area contributed by atoms with Crippen molar-refractivity contribution in [2.24, 2.45) is 0 Å². The van der Waals surface area contributed by atoms with E-state index in [1.165, 1.54) is 11.3 Å². The topological polar surface area (TPSA) is 6.48 Å². The first kappa shape index (κ1) is 13.5. The molecule has 1 aliphatic rings. The Hall–Kier alpha value is -1.52. The molecule has 1 saturated heterocycles. The highest BCUT2D eigenvalue weighted by atomic mass is 32.2. The molecular weight excluding hydrogens is 284 g/mol. The summed E-state index contributed by atoms with van der Waals surface area (Å²) < 4.78 is 0.987. The van der Waals surface area contributed by atoms with Crippen LogP contribution >= 0.6 is 24.0 Å². The van der Waals surface area contributed by atoms with Crippen molar-refractivity contribution < 1.29 is 0 Å². The third kappa shape index (κ3) is 3.14. The molecule has 2 aromatic rings. The van der Waals surface area contributed by atoms with Crippen molar-refractivity contribution in [3.05, 3.63) is 66.2 Å². The Bertz CT molecular complexity index is 572. The molecule has 0 unspecified atom stereocenters.